The number of carbonyl (C=O) groups excluding carboxylic acids is 1. The van der Waals surface area contributed by atoms with E-state index in [9.17, 15) is 13.2 Å². The lowest BCUT2D eigenvalue weighted by Gasteiger charge is -2.19. The molecule has 158 valence electrons. The topological polar surface area (TPSA) is 75.3 Å². The highest BCUT2D eigenvalue weighted by atomic mass is 32.2. The molecule has 0 spiro atoms. The molecule has 30 heavy (non-hydrogen) atoms. The van der Waals surface area contributed by atoms with E-state index < -0.39 is 10.0 Å². The highest BCUT2D eigenvalue weighted by Crippen LogP contribution is 2.27. The van der Waals surface area contributed by atoms with Gasteiger partial charge in [0, 0.05) is 16.1 Å². The molecule has 0 radical (unpaired) electrons. The Kier molecular flexibility index (Phi) is 7.29. The van der Waals surface area contributed by atoms with Crippen molar-refractivity contribution in [3.8, 4) is 0 Å². The van der Waals surface area contributed by atoms with Crippen molar-refractivity contribution >= 4 is 33.0 Å². The van der Waals surface area contributed by atoms with Crippen LogP contribution in [-0.4, -0.2) is 20.1 Å². The second-order valence-electron chi connectivity index (χ2n) is 7.00. The molecule has 2 aromatic carbocycles. The van der Waals surface area contributed by atoms with Crippen LogP contribution in [0.5, 0.6) is 0 Å². The second kappa shape index (κ2) is 9.91. The fourth-order valence-corrected chi connectivity index (χ4v) is 4.56. The van der Waals surface area contributed by atoms with Gasteiger partial charge in [0.25, 0.3) is 5.91 Å². The average molecular weight is 443 g/mol. The molecule has 0 bridgehead atoms. The first-order chi connectivity index (χ1) is 14.4. The van der Waals surface area contributed by atoms with Crippen molar-refractivity contribution in [3.63, 3.8) is 0 Å². The maximum atomic E-state index is 13.0. The summed E-state index contributed by atoms with van der Waals surface area (Å²) in [7, 11) is -3.41. The number of aryl methyl sites for hydroxylation is 1. The monoisotopic (exact) mass is 442 g/mol. The second-order valence-corrected chi connectivity index (χ2v) is 9.99. The van der Waals surface area contributed by atoms with Crippen molar-refractivity contribution in [1.82, 2.24) is 5.32 Å². The molecule has 0 saturated heterocycles. The molecule has 2 N–H and O–H groups in total. The van der Waals surface area contributed by atoms with Gasteiger partial charge in [-0.25, -0.2) is 8.42 Å². The van der Waals surface area contributed by atoms with Crippen molar-refractivity contribution < 1.29 is 13.2 Å². The number of benzene rings is 2. The fraction of sp³-hybridized carbons (Fsp3) is 0.261. The van der Waals surface area contributed by atoms with Gasteiger partial charge in [-0.1, -0.05) is 49.7 Å². The zero-order chi connectivity index (χ0) is 21.6. The summed E-state index contributed by atoms with van der Waals surface area (Å²) in [6.07, 6.45) is 2.11. The van der Waals surface area contributed by atoms with Crippen LogP contribution in [0.15, 0.2) is 66.0 Å². The molecule has 0 saturated carbocycles. The van der Waals surface area contributed by atoms with E-state index in [4.69, 9.17) is 0 Å². The largest absolute Gasteiger partial charge is 0.340 e. The number of sulfonamides is 1. The third-order valence-corrected chi connectivity index (χ3v) is 6.98. The van der Waals surface area contributed by atoms with Crippen LogP contribution in [0.25, 0.3) is 0 Å². The maximum Gasteiger partial charge on any atom is 0.252 e. The van der Waals surface area contributed by atoms with Crippen LogP contribution in [0.4, 0.5) is 5.69 Å². The molecule has 0 unspecified atom stereocenters. The van der Waals surface area contributed by atoms with Crippen LogP contribution < -0.4 is 10.0 Å². The van der Waals surface area contributed by atoms with Gasteiger partial charge in [-0.05, 0) is 54.1 Å². The Hall–Kier alpha value is -2.64. The van der Waals surface area contributed by atoms with Crippen LogP contribution in [-0.2, 0) is 16.4 Å². The van der Waals surface area contributed by atoms with Crippen molar-refractivity contribution in [1.29, 1.82) is 0 Å². The van der Waals surface area contributed by atoms with Crippen LogP contribution >= 0.6 is 11.3 Å². The summed E-state index contributed by atoms with van der Waals surface area (Å²) in [6.45, 7) is 3.72. The summed E-state index contributed by atoms with van der Waals surface area (Å²) in [5.74, 6) is -0.290. The molecular weight excluding hydrogens is 416 g/mol. The molecule has 1 aromatic heterocycles. The third kappa shape index (κ3) is 5.70. The first kappa shape index (κ1) is 22.1. The Labute approximate surface area is 182 Å². The average Bonchev–Trinajstić information content (AvgIpc) is 3.27. The molecule has 7 heteroatoms. The van der Waals surface area contributed by atoms with E-state index in [2.05, 4.69) is 41.2 Å². The van der Waals surface area contributed by atoms with Crippen LogP contribution in [0.1, 0.15) is 52.7 Å². The van der Waals surface area contributed by atoms with Gasteiger partial charge in [-0.15, -0.1) is 11.3 Å². The minimum atomic E-state index is -3.41. The van der Waals surface area contributed by atoms with Crippen molar-refractivity contribution in [3.05, 3.63) is 87.6 Å². The minimum Gasteiger partial charge on any atom is -0.340 e. The Bertz CT molecular complexity index is 1080. The van der Waals surface area contributed by atoms with E-state index in [1.54, 1.807) is 42.5 Å². The summed E-state index contributed by atoms with van der Waals surface area (Å²) in [5, 5.41) is 5.09. The molecule has 0 aliphatic rings. The molecule has 0 fully saturated rings. The van der Waals surface area contributed by atoms with Crippen molar-refractivity contribution in [2.75, 3.05) is 10.5 Å². The van der Waals surface area contributed by atoms with E-state index in [0.717, 1.165) is 23.3 Å². The van der Waals surface area contributed by atoms with Crippen molar-refractivity contribution in [2.45, 2.75) is 32.7 Å². The Morgan fingerprint density at radius 1 is 1.03 bits per heavy atom. The lowest BCUT2D eigenvalue weighted by atomic mass is 10.0. The smallest absolute Gasteiger partial charge is 0.252 e. The standard InChI is InChI=1S/C23H26N2O3S2/c1-3-7-17-11-13-18(14-12-17)22(21-10-6-15-29-21)24-23(26)19-8-5-9-20(16-19)25-30(27,28)4-2/h5-6,8-16,22,25H,3-4,7H2,1-2H3,(H,24,26)/t22-/m1/s1. The number of hydrogen-bond donors (Lipinski definition) is 2. The molecule has 5 nitrogen and oxygen atoms in total. The van der Waals surface area contributed by atoms with Gasteiger partial charge in [-0.3, -0.25) is 9.52 Å². The van der Waals surface area contributed by atoms with Gasteiger partial charge in [-0.2, -0.15) is 0 Å². The zero-order valence-electron chi connectivity index (χ0n) is 17.1. The van der Waals surface area contributed by atoms with Gasteiger partial charge in [0.1, 0.15) is 0 Å². The molecule has 1 atom stereocenters. The van der Waals surface area contributed by atoms with Gasteiger partial charge >= 0.3 is 0 Å². The van der Waals surface area contributed by atoms with E-state index in [-0.39, 0.29) is 17.7 Å². The summed E-state index contributed by atoms with van der Waals surface area (Å²) in [6, 6.07) is 18.5. The van der Waals surface area contributed by atoms with Gasteiger partial charge in [0.2, 0.25) is 10.0 Å². The fourth-order valence-electron chi connectivity index (χ4n) is 3.13. The zero-order valence-corrected chi connectivity index (χ0v) is 18.7. The predicted octanol–water partition coefficient (Wildman–Crippen LogP) is 4.98. The Morgan fingerprint density at radius 3 is 2.43 bits per heavy atom. The quantitative estimate of drug-likeness (QED) is 0.491. The summed E-state index contributed by atoms with van der Waals surface area (Å²) in [4.78, 5) is 14.0. The van der Waals surface area contributed by atoms with Gasteiger partial charge < -0.3 is 5.32 Å². The summed E-state index contributed by atoms with van der Waals surface area (Å²) >= 11 is 1.59. The molecule has 1 heterocycles. The van der Waals surface area contributed by atoms with E-state index in [1.165, 1.54) is 5.56 Å². The molecule has 1 amide bonds. The van der Waals surface area contributed by atoms with Gasteiger partial charge in [0.05, 0.1) is 11.8 Å². The number of hydrogen-bond acceptors (Lipinski definition) is 4. The molecular formula is C23H26N2O3S2. The first-order valence-electron chi connectivity index (χ1n) is 9.95. The number of thiophene rings is 1. The van der Waals surface area contributed by atoms with Crippen LogP contribution in [0, 0.1) is 0 Å². The first-order valence-corrected chi connectivity index (χ1v) is 12.5. The van der Waals surface area contributed by atoms with Gasteiger partial charge in [0.15, 0.2) is 0 Å². The van der Waals surface area contributed by atoms with E-state index in [1.807, 2.05) is 17.5 Å². The predicted molar refractivity (Wildman–Crippen MR) is 124 cm³/mol. The van der Waals surface area contributed by atoms with Crippen LogP contribution in [0.2, 0.25) is 0 Å². The lowest BCUT2D eigenvalue weighted by molar-refractivity contribution is 0.0943. The lowest BCUT2D eigenvalue weighted by Crippen LogP contribution is -2.29. The van der Waals surface area contributed by atoms with E-state index in [0.29, 0.717) is 11.3 Å². The maximum absolute atomic E-state index is 13.0. The summed E-state index contributed by atoms with van der Waals surface area (Å²) < 4.78 is 26.2. The number of anilines is 1. The van der Waals surface area contributed by atoms with Crippen LogP contribution in [0.3, 0.4) is 0 Å². The van der Waals surface area contributed by atoms with E-state index >= 15 is 0 Å². The third-order valence-electron chi connectivity index (χ3n) is 4.73. The molecule has 3 rings (SSSR count). The molecule has 0 aliphatic carbocycles. The summed E-state index contributed by atoms with van der Waals surface area (Å²) in [5.41, 5.74) is 3.05. The highest BCUT2D eigenvalue weighted by Gasteiger charge is 2.19. The molecule has 0 aliphatic heterocycles. The number of amides is 1. The van der Waals surface area contributed by atoms with Crippen molar-refractivity contribution in [2.24, 2.45) is 0 Å². The SMILES string of the molecule is CCCc1ccc([C@@H](NC(=O)c2cccc(NS(=O)(=O)CC)c2)c2cccs2)cc1. The highest BCUT2D eigenvalue weighted by molar-refractivity contribution is 7.92. The number of nitrogens with one attached hydrogen (secondary N) is 2. The minimum absolute atomic E-state index is 0.0299. The Morgan fingerprint density at radius 2 is 1.80 bits per heavy atom. The number of carbonyl (C=O) groups is 1. The normalized spacial score (nSPS) is 12.3. The number of rotatable bonds is 9. The molecule has 3 aromatic rings. The Balaban J connectivity index is 1.84.